The van der Waals surface area contributed by atoms with Gasteiger partial charge in [-0.05, 0) is 72.7 Å². The van der Waals surface area contributed by atoms with E-state index in [1.807, 2.05) is 12.1 Å². The smallest absolute Gasteiger partial charge is 0.186 e. The van der Waals surface area contributed by atoms with Crippen LogP contribution in [0.25, 0.3) is 19.7 Å². The van der Waals surface area contributed by atoms with E-state index in [2.05, 4.69) is 31.9 Å². The summed E-state index contributed by atoms with van der Waals surface area (Å²) in [5, 5.41) is 1.72. The van der Waals surface area contributed by atoms with Crippen molar-refractivity contribution in [3.63, 3.8) is 0 Å². The molecule has 0 atom stereocenters. The predicted molar refractivity (Wildman–Crippen MR) is 86.4 cm³/mol. The maximum absolute atomic E-state index is 12.2. The number of benzene rings is 2. The van der Waals surface area contributed by atoms with E-state index in [9.17, 15) is 9.59 Å². The van der Waals surface area contributed by atoms with Crippen LogP contribution in [0.2, 0.25) is 0 Å². The summed E-state index contributed by atoms with van der Waals surface area (Å²) in [7, 11) is 0. The van der Waals surface area contributed by atoms with Crippen LogP contribution in [0.15, 0.2) is 36.4 Å². The third kappa shape index (κ3) is 1.38. The topological polar surface area (TPSA) is 34.1 Å². The minimum absolute atomic E-state index is 0.125. The van der Waals surface area contributed by atoms with Crippen LogP contribution >= 0.6 is 31.9 Å². The molecule has 0 unspecified atom stereocenters. The minimum atomic E-state index is -0.125. The molecule has 0 heterocycles. The Balaban J connectivity index is 2.28. The van der Waals surface area contributed by atoms with Gasteiger partial charge < -0.3 is 0 Å². The lowest BCUT2D eigenvalue weighted by atomic mass is 9.93. The second-order valence-electron chi connectivity index (χ2n) is 4.76. The first-order valence-corrected chi connectivity index (χ1v) is 7.60. The third-order valence-corrected chi connectivity index (χ3v) is 5.92. The molecule has 4 rings (SSSR count). The normalized spacial score (nSPS) is 16.3. The van der Waals surface area contributed by atoms with Crippen LogP contribution in [0.5, 0.6) is 0 Å². The van der Waals surface area contributed by atoms with E-state index >= 15 is 0 Å². The van der Waals surface area contributed by atoms with Gasteiger partial charge in [0, 0.05) is 25.5 Å². The van der Waals surface area contributed by atoms with Gasteiger partial charge in [-0.1, -0.05) is 12.1 Å². The molecule has 0 fully saturated rings. The minimum Gasteiger partial charge on any atom is -0.289 e. The molecule has 0 N–H and O–H groups in total. The summed E-state index contributed by atoms with van der Waals surface area (Å²) >= 11 is 7.13. The summed E-state index contributed by atoms with van der Waals surface area (Å²) in [6.07, 6.45) is 2.71. The number of allylic oxidation sites excluding steroid dienone is 2. The largest absolute Gasteiger partial charge is 0.289 e. The molecule has 0 aliphatic heterocycles. The quantitative estimate of drug-likeness (QED) is 0.654. The zero-order valence-electron chi connectivity index (χ0n) is 10.0. The standard InChI is InChI=1S/C16H6Br2O2/c17-15-9-3-1-7-11(19)5-6-12(20)8-2-4-10(16(15)18)14(9)13(7)8/h1-6H. The van der Waals surface area contributed by atoms with Crippen molar-refractivity contribution in [1.82, 2.24) is 0 Å². The molecule has 2 nitrogen and oxygen atoms in total. The van der Waals surface area contributed by atoms with Crippen LogP contribution in [0, 0.1) is 0 Å². The average molecular weight is 390 g/mol. The lowest BCUT2D eigenvalue weighted by Crippen LogP contribution is -1.99. The first-order valence-electron chi connectivity index (χ1n) is 6.02. The van der Waals surface area contributed by atoms with Crippen LogP contribution in [0.4, 0.5) is 0 Å². The Morgan fingerprint density at radius 1 is 0.600 bits per heavy atom. The summed E-state index contributed by atoms with van der Waals surface area (Å²) in [6.45, 7) is 0. The summed E-state index contributed by atoms with van der Waals surface area (Å²) in [5.74, 6) is -0.250. The highest BCUT2D eigenvalue weighted by molar-refractivity contribution is 9.18. The van der Waals surface area contributed by atoms with Gasteiger partial charge in [-0.3, -0.25) is 9.59 Å². The van der Waals surface area contributed by atoms with Crippen molar-refractivity contribution in [3.05, 3.63) is 58.7 Å². The molecule has 0 spiro atoms. The molecule has 96 valence electrons. The van der Waals surface area contributed by atoms with E-state index in [0.717, 1.165) is 30.9 Å². The van der Waals surface area contributed by atoms with Crippen molar-refractivity contribution >= 4 is 63.2 Å². The Bertz CT molecular complexity index is 836. The van der Waals surface area contributed by atoms with Crippen molar-refractivity contribution in [2.75, 3.05) is 0 Å². The molecule has 2 aliphatic rings. The summed E-state index contributed by atoms with van der Waals surface area (Å²) in [5.41, 5.74) is 3.19. The molecule has 2 aromatic rings. The number of ketones is 2. The van der Waals surface area contributed by atoms with Gasteiger partial charge in [0.2, 0.25) is 0 Å². The van der Waals surface area contributed by atoms with E-state index in [0.29, 0.717) is 11.1 Å². The Morgan fingerprint density at radius 3 is 1.40 bits per heavy atom. The van der Waals surface area contributed by atoms with Crippen LogP contribution in [0.3, 0.4) is 0 Å². The Hall–Kier alpha value is -1.52. The third-order valence-electron chi connectivity index (χ3n) is 3.74. The molecule has 20 heavy (non-hydrogen) atoms. The lowest BCUT2D eigenvalue weighted by Gasteiger charge is -2.09. The maximum atomic E-state index is 12.2. The molecule has 0 amide bonds. The molecule has 0 saturated heterocycles. The van der Waals surface area contributed by atoms with Crippen LogP contribution in [0.1, 0.15) is 31.8 Å². The van der Waals surface area contributed by atoms with E-state index in [1.54, 1.807) is 12.1 Å². The van der Waals surface area contributed by atoms with Gasteiger partial charge in [-0.25, -0.2) is 0 Å². The molecule has 2 aromatic carbocycles. The van der Waals surface area contributed by atoms with Gasteiger partial charge >= 0.3 is 0 Å². The fraction of sp³-hybridized carbons (Fsp3) is 0. The summed E-state index contributed by atoms with van der Waals surface area (Å²) in [4.78, 5) is 24.3. The Morgan fingerprint density at radius 2 is 0.950 bits per heavy atom. The van der Waals surface area contributed by atoms with Crippen LogP contribution < -0.4 is 0 Å². The van der Waals surface area contributed by atoms with Crippen molar-refractivity contribution in [1.29, 1.82) is 0 Å². The molecule has 0 radical (unpaired) electrons. The fourth-order valence-corrected chi connectivity index (χ4v) is 3.93. The molecule has 0 bridgehead atoms. The number of hydrogen-bond donors (Lipinski definition) is 0. The monoisotopic (exact) mass is 388 g/mol. The lowest BCUT2D eigenvalue weighted by molar-refractivity contribution is 0.102. The van der Waals surface area contributed by atoms with E-state index in [4.69, 9.17) is 0 Å². The highest BCUT2D eigenvalue weighted by atomic mass is 79.9. The summed E-state index contributed by atoms with van der Waals surface area (Å²) in [6, 6.07) is 7.43. The zero-order valence-corrected chi connectivity index (χ0v) is 13.2. The van der Waals surface area contributed by atoms with Crippen molar-refractivity contribution in [2.45, 2.75) is 0 Å². The Kier molecular flexibility index (Phi) is 2.44. The van der Waals surface area contributed by atoms with E-state index in [1.165, 1.54) is 12.2 Å². The predicted octanol–water partition coefficient (Wildman–Crippen LogP) is 4.70. The van der Waals surface area contributed by atoms with Crippen LogP contribution in [-0.2, 0) is 0 Å². The highest BCUT2D eigenvalue weighted by Gasteiger charge is 2.27. The number of halogens is 2. The molecular formula is C16H6Br2O2. The molecular weight excluding hydrogens is 384 g/mol. The van der Waals surface area contributed by atoms with Gasteiger partial charge in [0.05, 0.1) is 0 Å². The molecule has 4 heteroatoms. The first kappa shape index (κ1) is 12.2. The van der Waals surface area contributed by atoms with Crippen LogP contribution in [-0.4, -0.2) is 11.6 Å². The molecule has 0 saturated carbocycles. The second-order valence-corrected chi connectivity index (χ2v) is 6.35. The number of carbonyl (C=O) groups excluding carboxylic acids is 2. The second kappa shape index (κ2) is 3.99. The fourth-order valence-electron chi connectivity index (χ4n) is 2.84. The number of carbonyl (C=O) groups is 2. The van der Waals surface area contributed by atoms with Gasteiger partial charge in [0.1, 0.15) is 0 Å². The highest BCUT2D eigenvalue weighted by Crippen LogP contribution is 2.49. The first-order chi connectivity index (χ1) is 9.59. The van der Waals surface area contributed by atoms with Gasteiger partial charge in [-0.15, -0.1) is 0 Å². The average Bonchev–Trinajstić information content (AvgIpc) is 2.63. The van der Waals surface area contributed by atoms with Gasteiger partial charge in [-0.2, -0.15) is 0 Å². The van der Waals surface area contributed by atoms with Crippen molar-refractivity contribution in [3.8, 4) is 0 Å². The van der Waals surface area contributed by atoms with Crippen molar-refractivity contribution in [2.24, 2.45) is 0 Å². The number of hydrogen-bond acceptors (Lipinski definition) is 2. The SMILES string of the molecule is O=C1C=CC(=O)c2ccc3c4c(ccc1c24)C(Br)=C3Br. The summed E-state index contributed by atoms with van der Waals surface area (Å²) < 4.78 is 1.90. The Labute approximate surface area is 131 Å². The number of rotatable bonds is 0. The maximum Gasteiger partial charge on any atom is 0.186 e. The molecule has 2 aliphatic carbocycles. The van der Waals surface area contributed by atoms with E-state index in [-0.39, 0.29) is 11.6 Å². The van der Waals surface area contributed by atoms with Gasteiger partial charge in [0.25, 0.3) is 0 Å². The van der Waals surface area contributed by atoms with E-state index < -0.39 is 0 Å². The van der Waals surface area contributed by atoms with Crippen molar-refractivity contribution < 1.29 is 9.59 Å². The van der Waals surface area contributed by atoms with Gasteiger partial charge in [0.15, 0.2) is 11.6 Å². The molecule has 0 aromatic heterocycles. The zero-order chi connectivity index (χ0) is 14.0.